The largest absolute Gasteiger partial charge is 0.339 e. The van der Waals surface area contributed by atoms with Crippen LogP contribution in [0.2, 0.25) is 0 Å². The van der Waals surface area contributed by atoms with Crippen molar-refractivity contribution < 1.29 is 4.52 Å². The van der Waals surface area contributed by atoms with Gasteiger partial charge in [-0.15, -0.1) is 0 Å². The fourth-order valence-electron chi connectivity index (χ4n) is 3.83. The normalized spacial score (nSPS) is 30.3. The Morgan fingerprint density at radius 2 is 1.85 bits per heavy atom. The Labute approximate surface area is 121 Å². The van der Waals surface area contributed by atoms with Gasteiger partial charge in [0, 0.05) is 5.92 Å². The lowest BCUT2D eigenvalue weighted by atomic mass is 9.80. The SMILES string of the molecule is CCC1CCC(c2nc(C3(N)CCCCC3)no2)CC1. The van der Waals surface area contributed by atoms with Crippen molar-refractivity contribution in [2.24, 2.45) is 11.7 Å². The van der Waals surface area contributed by atoms with Gasteiger partial charge in [-0.25, -0.2) is 0 Å². The van der Waals surface area contributed by atoms with Crippen LogP contribution in [-0.2, 0) is 5.54 Å². The Morgan fingerprint density at radius 1 is 1.15 bits per heavy atom. The summed E-state index contributed by atoms with van der Waals surface area (Å²) in [5, 5.41) is 4.21. The fraction of sp³-hybridized carbons (Fsp3) is 0.875. The third-order valence-electron chi connectivity index (χ3n) is 5.41. The molecular weight excluding hydrogens is 250 g/mol. The maximum Gasteiger partial charge on any atom is 0.229 e. The quantitative estimate of drug-likeness (QED) is 0.910. The summed E-state index contributed by atoms with van der Waals surface area (Å²) in [5.74, 6) is 2.95. The maximum atomic E-state index is 6.48. The second-order valence-electron chi connectivity index (χ2n) is 6.80. The molecule has 2 saturated carbocycles. The first kappa shape index (κ1) is 14.1. The highest BCUT2D eigenvalue weighted by Gasteiger charge is 2.35. The Morgan fingerprint density at radius 3 is 2.50 bits per heavy atom. The summed E-state index contributed by atoms with van der Waals surface area (Å²) in [6, 6.07) is 0. The number of rotatable bonds is 3. The molecule has 0 aromatic carbocycles. The van der Waals surface area contributed by atoms with Crippen molar-refractivity contribution in [3.8, 4) is 0 Å². The fourth-order valence-corrected chi connectivity index (χ4v) is 3.83. The molecule has 1 heterocycles. The van der Waals surface area contributed by atoms with Gasteiger partial charge < -0.3 is 10.3 Å². The molecule has 4 nitrogen and oxygen atoms in total. The molecule has 0 atom stereocenters. The van der Waals surface area contributed by atoms with E-state index in [2.05, 4.69) is 17.1 Å². The first-order valence-corrected chi connectivity index (χ1v) is 8.34. The molecule has 3 rings (SSSR count). The van der Waals surface area contributed by atoms with Crippen molar-refractivity contribution >= 4 is 0 Å². The van der Waals surface area contributed by atoms with E-state index in [0.717, 1.165) is 30.5 Å². The van der Waals surface area contributed by atoms with E-state index in [1.165, 1.54) is 51.4 Å². The molecule has 1 aromatic heterocycles. The third-order valence-corrected chi connectivity index (χ3v) is 5.41. The van der Waals surface area contributed by atoms with E-state index in [1.54, 1.807) is 0 Å². The lowest BCUT2D eigenvalue weighted by Crippen LogP contribution is -2.39. The summed E-state index contributed by atoms with van der Waals surface area (Å²) in [7, 11) is 0. The van der Waals surface area contributed by atoms with E-state index < -0.39 is 0 Å². The van der Waals surface area contributed by atoms with E-state index in [-0.39, 0.29) is 5.54 Å². The van der Waals surface area contributed by atoms with Crippen molar-refractivity contribution in [3.05, 3.63) is 11.7 Å². The molecule has 2 fully saturated rings. The van der Waals surface area contributed by atoms with E-state index in [1.807, 2.05) is 0 Å². The summed E-state index contributed by atoms with van der Waals surface area (Å²) in [4.78, 5) is 4.68. The van der Waals surface area contributed by atoms with Crippen LogP contribution in [0, 0.1) is 5.92 Å². The molecule has 4 heteroatoms. The Hall–Kier alpha value is -0.900. The third kappa shape index (κ3) is 2.76. The van der Waals surface area contributed by atoms with Crippen LogP contribution < -0.4 is 5.73 Å². The van der Waals surface area contributed by atoms with Gasteiger partial charge in [-0.05, 0) is 44.4 Å². The number of aromatic nitrogens is 2. The number of nitrogens with two attached hydrogens (primary N) is 1. The Kier molecular flexibility index (Phi) is 4.11. The van der Waals surface area contributed by atoms with Gasteiger partial charge in [0.05, 0.1) is 5.54 Å². The monoisotopic (exact) mass is 277 g/mol. The van der Waals surface area contributed by atoms with E-state index in [9.17, 15) is 0 Å². The number of hydrogen-bond acceptors (Lipinski definition) is 4. The van der Waals surface area contributed by atoms with Crippen LogP contribution in [-0.4, -0.2) is 10.1 Å². The Bertz CT molecular complexity index is 429. The summed E-state index contributed by atoms with van der Waals surface area (Å²) in [5.41, 5.74) is 6.15. The van der Waals surface area contributed by atoms with Gasteiger partial charge in [0.1, 0.15) is 0 Å². The van der Waals surface area contributed by atoms with Crippen LogP contribution >= 0.6 is 0 Å². The molecule has 20 heavy (non-hydrogen) atoms. The van der Waals surface area contributed by atoms with Crippen molar-refractivity contribution in [2.45, 2.75) is 82.6 Å². The lowest BCUT2D eigenvalue weighted by Gasteiger charge is -2.30. The topological polar surface area (TPSA) is 64.9 Å². The van der Waals surface area contributed by atoms with Crippen molar-refractivity contribution in [1.82, 2.24) is 10.1 Å². The second kappa shape index (κ2) is 5.84. The predicted molar refractivity (Wildman–Crippen MR) is 78.2 cm³/mol. The molecule has 0 unspecified atom stereocenters. The first-order chi connectivity index (χ1) is 9.71. The molecule has 0 aliphatic heterocycles. The minimum atomic E-state index is -0.333. The summed E-state index contributed by atoms with van der Waals surface area (Å²) in [6.45, 7) is 2.29. The van der Waals surface area contributed by atoms with Crippen LogP contribution in [0.1, 0.15) is 88.8 Å². The molecule has 0 spiro atoms. The number of nitrogens with zero attached hydrogens (tertiary/aromatic N) is 2. The average molecular weight is 277 g/mol. The highest BCUT2D eigenvalue weighted by molar-refractivity contribution is 5.07. The van der Waals surface area contributed by atoms with Gasteiger partial charge in [-0.2, -0.15) is 4.98 Å². The molecule has 2 aliphatic carbocycles. The van der Waals surface area contributed by atoms with Gasteiger partial charge in [0.25, 0.3) is 0 Å². The number of hydrogen-bond donors (Lipinski definition) is 1. The highest BCUT2D eigenvalue weighted by Crippen LogP contribution is 2.38. The van der Waals surface area contributed by atoms with Crippen molar-refractivity contribution in [3.63, 3.8) is 0 Å². The zero-order chi connectivity index (χ0) is 14.0. The van der Waals surface area contributed by atoms with E-state index >= 15 is 0 Å². The van der Waals surface area contributed by atoms with Crippen LogP contribution in [0.25, 0.3) is 0 Å². The zero-order valence-corrected chi connectivity index (χ0v) is 12.6. The van der Waals surface area contributed by atoms with E-state index in [4.69, 9.17) is 10.3 Å². The molecular formula is C16H27N3O. The second-order valence-corrected chi connectivity index (χ2v) is 6.80. The molecule has 0 radical (unpaired) electrons. The molecule has 2 aliphatic rings. The Balaban J connectivity index is 1.67. The van der Waals surface area contributed by atoms with Crippen LogP contribution in [0.15, 0.2) is 4.52 Å². The zero-order valence-electron chi connectivity index (χ0n) is 12.6. The molecule has 0 saturated heterocycles. The van der Waals surface area contributed by atoms with Crippen LogP contribution in [0.4, 0.5) is 0 Å². The predicted octanol–water partition coefficient (Wildman–Crippen LogP) is 3.87. The molecule has 0 bridgehead atoms. The van der Waals surface area contributed by atoms with Crippen molar-refractivity contribution in [1.29, 1.82) is 0 Å². The molecule has 112 valence electrons. The molecule has 2 N–H and O–H groups in total. The van der Waals surface area contributed by atoms with Crippen LogP contribution in [0.5, 0.6) is 0 Å². The minimum Gasteiger partial charge on any atom is -0.339 e. The van der Waals surface area contributed by atoms with Gasteiger partial charge in [-0.1, -0.05) is 37.8 Å². The van der Waals surface area contributed by atoms with Gasteiger partial charge >= 0.3 is 0 Å². The van der Waals surface area contributed by atoms with E-state index in [0.29, 0.717) is 5.92 Å². The van der Waals surface area contributed by atoms with Crippen molar-refractivity contribution in [2.75, 3.05) is 0 Å². The smallest absolute Gasteiger partial charge is 0.229 e. The highest BCUT2D eigenvalue weighted by atomic mass is 16.5. The molecule has 1 aromatic rings. The van der Waals surface area contributed by atoms with Gasteiger partial charge in [-0.3, -0.25) is 0 Å². The van der Waals surface area contributed by atoms with Gasteiger partial charge in [0.2, 0.25) is 5.89 Å². The summed E-state index contributed by atoms with van der Waals surface area (Å²) < 4.78 is 5.55. The lowest BCUT2D eigenvalue weighted by molar-refractivity contribution is 0.257. The molecule has 0 amide bonds. The summed E-state index contributed by atoms with van der Waals surface area (Å²) in [6.07, 6.45) is 11.9. The standard InChI is InChI=1S/C16H27N3O/c1-2-12-6-8-13(9-7-12)14-18-15(19-20-14)16(17)10-4-3-5-11-16/h12-13H,2-11,17H2,1H3. The van der Waals surface area contributed by atoms with Crippen LogP contribution in [0.3, 0.4) is 0 Å². The average Bonchev–Trinajstić information content (AvgIpc) is 2.99. The van der Waals surface area contributed by atoms with Gasteiger partial charge in [0.15, 0.2) is 5.82 Å². The minimum absolute atomic E-state index is 0.333. The maximum absolute atomic E-state index is 6.48. The first-order valence-electron chi connectivity index (χ1n) is 8.34. The summed E-state index contributed by atoms with van der Waals surface area (Å²) >= 11 is 0.